The fraction of sp³-hybridized carbons (Fsp3) is 0.846. The molecule has 0 unspecified atom stereocenters. The van der Waals surface area contributed by atoms with Gasteiger partial charge in [0.2, 0.25) is 0 Å². The molecule has 0 amide bonds. The van der Waals surface area contributed by atoms with Gasteiger partial charge in [0, 0.05) is 13.1 Å². The van der Waals surface area contributed by atoms with Crippen LogP contribution in [-0.4, -0.2) is 61.2 Å². The molecule has 0 bridgehead atoms. The van der Waals surface area contributed by atoms with Crippen molar-refractivity contribution in [3.63, 3.8) is 0 Å². The van der Waals surface area contributed by atoms with Gasteiger partial charge >= 0.3 is 5.97 Å². The predicted molar refractivity (Wildman–Crippen MR) is 71.3 cm³/mol. The third-order valence-corrected chi connectivity index (χ3v) is 2.80. The minimum Gasteiger partial charge on any atom is -0.480 e. The zero-order valence-corrected chi connectivity index (χ0v) is 11.9. The van der Waals surface area contributed by atoms with E-state index in [1.807, 2.05) is 37.7 Å². The van der Waals surface area contributed by atoms with E-state index in [2.05, 4.69) is 6.07 Å². The molecule has 0 heterocycles. The molecule has 5 heteroatoms. The second kappa shape index (κ2) is 8.06. The average Bonchev–Trinajstić information content (AvgIpc) is 2.24. The molecule has 0 aromatic rings. The van der Waals surface area contributed by atoms with Gasteiger partial charge in [-0.05, 0) is 47.3 Å². The normalized spacial score (nSPS) is 11.8. The van der Waals surface area contributed by atoms with Crippen LogP contribution in [0.25, 0.3) is 0 Å². The number of nitrogens with zero attached hydrogens (tertiary/aromatic N) is 3. The SMILES string of the molecule is CN(C)CCN(CCCC(C)(C)C#N)CC(=O)O. The first-order valence-electron chi connectivity index (χ1n) is 6.27. The van der Waals surface area contributed by atoms with Gasteiger partial charge in [-0.2, -0.15) is 5.26 Å². The van der Waals surface area contributed by atoms with E-state index in [4.69, 9.17) is 10.4 Å². The van der Waals surface area contributed by atoms with Crippen LogP contribution in [-0.2, 0) is 4.79 Å². The molecule has 5 nitrogen and oxygen atoms in total. The van der Waals surface area contributed by atoms with E-state index >= 15 is 0 Å². The lowest BCUT2D eigenvalue weighted by molar-refractivity contribution is -0.138. The van der Waals surface area contributed by atoms with E-state index in [9.17, 15) is 4.79 Å². The van der Waals surface area contributed by atoms with Crippen LogP contribution in [0.4, 0.5) is 0 Å². The summed E-state index contributed by atoms with van der Waals surface area (Å²) in [4.78, 5) is 14.7. The Hall–Kier alpha value is -1.12. The molecule has 0 aliphatic rings. The summed E-state index contributed by atoms with van der Waals surface area (Å²) in [5.74, 6) is -0.798. The lowest BCUT2D eigenvalue weighted by atomic mass is 9.90. The zero-order valence-electron chi connectivity index (χ0n) is 11.9. The van der Waals surface area contributed by atoms with Crippen LogP contribution in [0.3, 0.4) is 0 Å². The molecule has 0 aromatic carbocycles. The van der Waals surface area contributed by atoms with Gasteiger partial charge in [0.15, 0.2) is 0 Å². The first-order chi connectivity index (χ1) is 8.26. The van der Waals surface area contributed by atoms with Crippen molar-refractivity contribution in [2.75, 3.05) is 40.3 Å². The van der Waals surface area contributed by atoms with Crippen molar-refractivity contribution >= 4 is 5.97 Å². The highest BCUT2D eigenvalue weighted by Crippen LogP contribution is 2.20. The van der Waals surface area contributed by atoms with Gasteiger partial charge in [0.05, 0.1) is 18.0 Å². The maximum atomic E-state index is 10.8. The summed E-state index contributed by atoms with van der Waals surface area (Å²) in [5, 5.41) is 17.8. The maximum Gasteiger partial charge on any atom is 0.317 e. The molecule has 0 radical (unpaired) electrons. The lowest BCUT2D eigenvalue weighted by Gasteiger charge is -2.23. The van der Waals surface area contributed by atoms with E-state index in [-0.39, 0.29) is 12.0 Å². The van der Waals surface area contributed by atoms with Gasteiger partial charge in [-0.15, -0.1) is 0 Å². The third-order valence-electron chi connectivity index (χ3n) is 2.80. The van der Waals surface area contributed by atoms with E-state index < -0.39 is 5.97 Å². The number of hydrogen-bond donors (Lipinski definition) is 1. The van der Waals surface area contributed by atoms with Crippen molar-refractivity contribution in [1.29, 1.82) is 5.26 Å². The van der Waals surface area contributed by atoms with Gasteiger partial charge < -0.3 is 10.0 Å². The van der Waals surface area contributed by atoms with E-state index in [1.54, 1.807) is 0 Å². The van der Waals surface area contributed by atoms with E-state index in [0.29, 0.717) is 0 Å². The molecule has 0 saturated carbocycles. The van der Waals surface area contributed by atoms with Crippen LogP contribution < -0.4 is 0 Å². The molecule has 0 saturated heterocycles. The third kappa shape index (κ3) is 8.97. The highest BCUT2D eigenvalue weighted by Gasteiger charge is 2.17. The number of carboxylic acid groups (broad SMARTS) is 1. The van der Waals surface area contributed by atoms with Crippen LogP contribution in [0, 0.1) is 16.7 Å². The summed E-state index contributed by atoms with van der Waals surface area (Å²) in [7, 11) is 3.94. The summed E-state index contributed by atoms with van der Waals surface area (Å²) in [6.45, 7) is 6.20. The Bertz CT molecular complexity index is 295. The van der Waals surface area contributed by atoms with Crippen molar-refractivity contribution in [2.45, 2.75) is 26.7 Å². The largest absolute Gasteiger partial charge is 0.480 e. The fourth-order valence-electron chi connectivity index (χ4n) is 1.60. The first kappa shape index (κ1) is 16.9. The van der Waals surface area contributed by atoms with Gasteiger partial charge in [-0.1, -0.05) is 0 Å². The van der Waals surface area contributed by atoms with Gasteiger partial charge in [-0.25, -0.2) is 0 Å². The molecular formula is C13H25N3O2. The van der Waals surface area contributed by atoms with Crippen molar-refractivity contribution in [1.82, 2.24) is 9.80 Å². The molecule has 1 N–H and O–H groups in total. The standard InChI is InChI=1S/C13H25N3O2/c1-13(2,11-14)6-5-7-16(10-12(17)18)9-8-15(3)4/h5-10H2,1-4H3,(H,17,18). The summed E-state index contributed by atoms with van der Waals surface area (Å²) < 4.78 is 0. The number of hydrogen-bond acceptors (Lipinski definition) is 4. The Morgan fingerprint density at radius 2 is 1.89 bits per heavy atom. The molecular weight excluding hydrogens is 230 g/mol. The predicted octanol–water partition coefficient (Wildman–Crippen LogP) is 1.26. The van der Waals surface area contributed by atoms with E-state index in [1.165, 1.54) is 0 Å². The molecule has 0 aliphatic carbocycles. The Balaban J connectivity index is 4.09. The number of likely N-dealkylation sites (N-methyl/N-ethyl adjacent to an activating group) is 1. The van der Waals surface area contributed by atoms with Gasteiger partial charge in [0.1, 0.15) is 0 Å². The van der Waals surface area contributed by atoms with Crippen LogP contribution >= 0.6 is 0 Å². The molecule has 0 aliphatic heterocycles. The minimum atomic E-state index is -0.798. The van der Waals surface area contributed by atoms with Crippen LogP contribution in [0.1, 0.15) is 26.7 Å². The molecule has 0 aromatic heterocycles. The molecule has 18 heavy (non-hydrogen) atoms. The summed E-state index contributed by atoms with van der Waals surface area (Å²) in [6, 6.07) is 2.26. The summed E-state index contributed by atoms with van der Waals surface area (Å²) >= 11 is 0. The number of nitriles is 1. The van der Waals surface area contributed by atoms with Gasteiger partial charge in [-0.3, -0.25) is 9.69 Å². The monoisotopic (exact) mass is 255 g/mol. The molecule has 0 rings (SSSR count). The molecule has 0 fully saturated rings. The number of aliphatic carboxylic acids is 1. The fourth-order valence-corrected chi connectivity index (χ4v) is 1.60. The van der Waals surface area contributed by atoms with Crippen molar-refractivity contribution in [3.8, 4) is 6.07 Å². The molecule has 0 atom stereocenters. The number of carbonyl (C=O) groups is 1. The minimum absolute atomic E-state index is 0.0703. The Kier molecular flexibility index (Phi) is 7.56. The number of carboxylic acids is 1. The maximum absolute atomic E-state index is 10.8. The van der Waals surface area contributed by atoms with Crippen molar-refractivity contribution in [2.24, 2.45) is 5.41 Å². The zero-order chi connectivity index (χ0) is 14.2. The topological polar surface area (TPSA) is 67.6 Å². The Labute approximate surface area is 110 Å². The van der Waals surface area contributed by atoms with Crippen molar-refractivity contribution in [3.05, 3.63) is 0 Å². The van der Waals surface area contributed by atoms with Crippen LogP contribution in [0.15, 0.2) is 0 Å². The summed E-state index contributed by atoms with van der Waals surface area (Å²) in [6.07, 6.45) is 1.64. The second-order valence-corrected chi connectivity index (χ2v) is 5.57. The highest BCUT2D eigenvalue weighted by atomic mass is 16.4. The van der Waals surface area contributed by atoms with Crippen molar-refractivity contribution < 1.29 is 9.90 Å². The van der Waals surface area contributed by atoms with Crippen LogP contribution in [0.2, 0.25) is 0 Å². The Morgan fingerprint density at radius 3 is 2.33 bits per heavy atom. The summed E-state index contributed by atoms with van der Waals surface area (Å²) in [5.41, 5.74) is -0.323. The second-order valence-electron chi connectivity index (χ2n) is 5.57. The Morgan fingerprint density at radius 1 is 1.28 bits per heavy atom. The number of rotatable bonds is 9. The van der Waals surface area contributed by atoms with Gasteiger partial charge in [0.25, 0.3) is 0 Å². The lowest BCUT2D eigenvalue weighted by Crippen LogP contribution is -2.36. The molecule has 0 spiro atoms. The smallest absolute Gasteiger partial charge is 0.317 e. The molecule has 104 valence electrons. The highest BCUT2D eigenvalue weighted by molar-refractivity contribution is 5.69. The first-order valence-corrected chi connectivity index (χ1v) is 6.27. The average molecular weight is 255 g/mol. The van der Waals surface area contributed by atoms with E-state index in [0.717, 1.165) is 32.5 Å². The van der Waals surface area contributed by atoms with Crippen LogP contribution in [0.5, 0.6) is 0 Å². The quantitative estimate of drug-likeness (QED) is 0.672.